The second kappa shape index (κ2) is 7.90. The summed E-state index contributed by atoms with van der Waals surface area (Å²) in [5, 5.41) is 9.92. The summed E-state index contributed by atoms with van der Waals surface area (Å²) in [7, 11) is 0. The molecule has 0 radical (unpaired) electrons. The van der Waals surface area contributed by atoms with Gasteiger partial charge < -0.3 is 9.84 Å². The first kappa shape index (κ1) is 22.5. The molecule has 5 heteroatoms. The van der Waals surface area contributed by atoms with Crippen LogP contribution in [0, 0.1) is 28.6 Å². The minimum atomic E-state index is -1.29. The third kappa shape index (κ3) is 3.18. The highest BCUT2D eigenvalue weighted by atomic mass is 16.6. The fourth-order valence-electron chi connectivity index (χ4n) is 8.16. The van der Waals surface area contributed by atoms with Crippen LogP contribution in [0.1, 0.15) is 75.6 Å². The molecule has 0 saturated heterocycles. The first-order valence-electron chi connectivity index (χ1n) is 12.4. The number of allylic oxidation sites excluding steroid dienone is 1. The number of hydrogen-bond acceptors (Lipinski definition) is 5. The maximum absolute atomic E-state index is 13.3. The van der Waals surface area contributed by atoms with E-state index in [1.165, 1.54) is 5.57 Å². The Morgan fingerprint density at radius 3 is 2.45 bits per heavy atom. The van der Waals surface area contributed by atoms with Crippen LogP contribution in [0.15, 0.2) is 42.0 Å². The Hall–Kier alpha value is -2.27. The standard InChI is InChI=1S/C28H34O5/c1-26-13-10-20(30)16-19(26)8-9-21-22(26)11-14-27(2)23(21)12-15-28(27,24(31)17-29)33-25(32)18-6-4-3-5-7-18/h3-7,16,21-23,29H,8-15,17H2,1-2H3/t21-,22+,23+,26+,27+,28+/m1/s1. The second-order valence-electron chi connectivity index (χ2n) is 11.1. The molecule has 3 saturated carbocycles. The zero-order valence-electron chi connectivity index (χ0n) is 19.6. The van der Waals surface area contributed by atoms with Gasteiger partial charge in [-0.1, -0.05) is 37.6 Å². The first-order chi connectivity index (χ1) is 15.7. The van der Waals surface area contributed by atoms with Crippen molar-refractivity contribution in [2.24, 2.45) is 28.6 Å². The van der Waals surface area contributed by atoms with E-state index in [9.17, 15) is 19.5 Å². The highest BCUT2D eigenvalue weighted by Crippen LogP contribution is 2.68. The van der Waals surface area contributed by atoms with Crippen molar-refractivity contribution in [3.05, 3.63) is 47.5 Å². The maximum atomic E-state index is 13.3. The predicted octanol–water partition coefficient (Wildman–Crippen LogP) is 4.68. The first-order valence-corrected chi connectivity index (χ1v) is 12.4. The van der Waals surface area contributed by atoms with Gasteiger partial charge in [-0.25, -0.2) is 4.79 Å². The number of hydrogen-bond donors (Lipinski definition) is 1. The van der Waals surface area contributed by atoms with Crippen LogP contribution in [0.25, 0.3) is 0 Å². The van der Waals surface area contributed by atoms with Gasteiger partial charge in [0.1, 0.15) is 6.61 Å². The zero-order chi connectivity index (χ0) is 23.4. The van der Waals surface area contributed by atoms with E-state index in [2.05, 4.69) is 13.8 Å². The number of Topliss-reactive ketones (excluding diaryl/α,β-unsaturated/α-hetero) is 1. The molecule has 0 spiro atoms. The molecule has 4 aliphatic rings. The van der Waals surface area contributed by atoms with Crippen molar-refractivity contribution in [2.75, 3.05) is 6.61 Å². The lowest BCUT2D eigenvalue weighted by Crippen LogP contribution is -2.59. The van der Waals surface area contributed by atoms with Gasteiger partial charge in [-0.3, -0.25) is 9.59 Å². The van der Waals surface area contributed by atoms with Crippen LogP contribution in [0.3, 0.4) is 0 Å². The van der Waals surface area contributed by atoms with E-state index < -0.39 is 23.6 Å². The molecular formula is C28H34O5. The molecule has 1 aromatic rings. The van der Waals surface area contributed by atoms with Crippen LogP contribution in [-0.4, -0.2) is 34.9 Å². The summed E-state index contributed by atoms with van der Waals surface area (Å²) in [6.45, 7) is 3.83. The topological polar surface area (TPSA) is 80.7 Å². The van der Waals surface area contributed by atoms with E-state index in [1.54, 1.807) is 24.3 Å². The van der Waals surface area contributed by atoms with Gasteiger partial charge in [0.2, 0.25) is 5.78 Å². The lowest BCUT2D eigenvalue weighted by Gasteiger charge is -2.59. The monoisotopic (exact) mass is 450 g/mol. The summed E-state index contributed by atoms with van der Waals surface area (Å²) in [5.74, 6) is 0.555. The number of ketones is 2. The predicted molar refractivity (Wildman–Crippen MR) is 123 cm³/mol. The average molecular weight is 451 g/mol. The molecule has 0 aromatic heterocycles. The fraction of sp³-hybridized carbons (Fsp3) is 0.607. The molecule has 1 N–H and O–H groups in total. The third-order valence-electron chi connectivity index (χ3n) is 9.95. The molecule has 0 aliphatic heterocycles. The summed E-state index contributed by atoms with van der Waals surface area (Å²) < 4.78 is 6.13. The molecule has 1 aromatic carbocycles. The SMILES string of the molecule is C[C@]12CCC(=O)C=C1CC[C@@H]1[C@@H]2CC[C@@]2(C)[C@H]1CC[C@]2(OC(=O)c1ccccc1)C(=O)CO. The van der Waals surface area contributed by atoms with Crippen molar-refractivity contribution in [3.8, 4) is 0 Å². The van der Waals surface area contributed by atoms with Gasteiger partial charge in [0.25, 0.3) is 0 Å². The van der Waals surface area contributed by atoms with Crippen molar-refractivity contribution in [1.29, 1.82) is 0 Å². The Morgan fingerprint density at radius 1 is 1.00 bits per heavy atom. The summed E-state index contributed by atoms with van der Waals surface area (Å²) >= 11 is 0. The zero-order valence-corrected chi connectivity index (χ0v) is 19.6. The number of carbonyl (C=O) groups excluding carboxylic acids is 3. The number of benzene rings is 1. The van der Waals surface area contributed by atoms with Gasteiger partial charge in [-0.05, 0) is 86.3 Å². The normalized spacial score (nSPS) is 39.7. The van der Waals surface area contributed by atoms with Crippen molar-refractivity contribution in [1.82, 2.24) is 0 Å². The second-order valence-corrected chi connectivity index (χ2v) is 11.1. The number of ether oxygens (including phenoxy) is 1. The van der Waals surface area contributed by atoms with E-state index in [0.29, 0.717) is 30.2 Å². The Balaban J connectivity index is 1.49. The molecule has 0 unspecified atom stereocenters. The molecule has 33 heavy (non-hydrogen) atoms. The highest BCUT2D eigenvalue weighted by molar-refractivity contribution is 5.96. The van der Waals surface area contributed by atoms with Crippen LogP contribution >= 0.6 is 0 Å². The number of aliphatic hydroxyl groups excluding tert-OH is 1. The van der Waals surface area contributed by atoms with Crippen molar-refractivity contribution in [3.63, 3.8) is 0 Å². The minimum absolute atomic E-state index is 0.0467. The fourth-order valence-corrected chi connectivity index (χ4v) is 8.16. The number of fused-ring (bicyclic) bond motifs is 5. The maximum Gasteiger partial charge on any atom is 0.339 e. The number of esters is 1. The quantitative estimate of drug-likeness (QED) is 0.674. The lowest BCUT2D eigenvalue weighted by atomic mass is 9.46. The molecule has 6 atom stereocenters. The third-order valence-corrected chi connectivity index (χ3v) is 9.95. The minimum Gasteiger partial charge on any atom is -0.447 e. The molecule has 0 heterocycles. The van der Waals surface area contributed by atoms with Gasteiger partial charge in [-0.15, -0.1) is 0 Å². The summed E-state index contributed by atoms with van der Waals surface area (Å²) in [4.78, 5) is 38.5. The van der Waals surface area contributed by atoms with Gasteiger partial charge in [0.15, 0.2) is 11.4 Å². The highest BCUT2D eigenvalue weighted by Gasteiger charge is 2.68. The average Bonchev–Trinajstić information content (AvgIpc) is 3.12. The Bertz CT molecular complexity index is 1010. The smallest absolute Gasteiger partial charge is 0.339 e. The Labute approximate surface area is 195 Å². The van der Waals surface area contributed by atoms with Crippen molar-refractivity contribution in [2.45, 2.75) is 70.8 Å². The van der Waals surface area contributed by atoms with Gasteiger partial charge >= 0.3 is 5.97 Å². The van der Waals surface area contributed by atoms with Crippen molar-refractivity contribution >= 4 is 17.5 Å². The Kier molecular flexibility index (Phi) is 5.39. The molecule has 176 valence electrons. The molecule has 0 bridgehead atoms. The van der Waals surface area contributed by atoms with E-state index in [0.717, 1.165) is 38.5 Å². The summed E-state index contributed by atoms with van der Waals surface area (Å²) in [6.07, 6.45) is 8.39. The van der Waals surface area contributed by atoms with Crippen LogP contribution < -0.4 is 0 Å². The number of aliphatic hydroxyl groups is 1. The number of rotatable bonds is 4. The van der Waals surface area contributed by atoms with E-state index in [-0.39, 0.29) is 22.9 Å². The summed E-state index contributed by atoms with van der Waals surface area (Å²) in [6, 6.07) is 8.80. The largest absolute Gasteiger partial charge is 0.447 e. The molecule has 5 rings (SSSR count). The molecule has 4 aliphatic carbocycles. The van der Waals surface area contributed by atoms with Crippen LogP contribution in [-0.2, 0) is 14.3 Å². The lowest BCUT2D eigenvalue weighted by molar-refractivity contribution is -0.166. The van der Waals surface area contributed by atoms with E-state index >= 15 is 0 Å². The van der Waals surface area contributed by atoms with E-state index in [1.807, 2.05) is 12.1 Å². The van der Waals surface area contributed by atoms with Gasteiger partial charge in [-0.2, -0.15) is 0 Å². The molecule has 3 fully saturated rings. The van der Waals surface area contributed by atoms with Gasteiger partial charge in [0, 0.05) is 11.8 Å². The summed E-state index contributed by atoms with van der Waals surface area (Å²) in [5.41, 5.74) is 0.000107. The molecule has 5 nitrogen and oxygen atoms in total. The van der Waals surface area contributed by atoms with Crippen molar-refractivity contribution < 1.29 is 24.2 Å². The van der Waals surface area contributed by atoms with Gasteiger partial charge in [0.05, 0.1) is 5.56 Å². The van der Waals surface area contributed by atoms with E-state index in [4.69, 9.17) is 4.74 Å². The Morgan fingerprint density at radius 2 is 1.73 bits per heavy atom. The molecule has 0 amide bonds. The van der Waals surface area contributed by atoms with Crippen LogP contribution in [0.2, 0.25) is 0 Å². The van der Waals surface area contributed by atoms with Crippen LogP contribution in [0.5, 0.6) is 0 Å². The number of carbonyl (C=O) groups is 3. The molecular weight excluding hydrogens is 416 g/mol. The van der Waals surface area contributed by atoms with Crippen LogP contribution in [0.4, 0.5) is 0 Å².